The van der Waals surface area contributed by atoms with Crippen LogP contribution in [0.5, 0.6) is 0 Å². The number of rotatable bonds is 7. The summed E-state index contributed by atoms with van der Waals surface area (Å²) in [5, 5.41) is 7.05. The van der Waals surface area contributed by atoms with Crippen molar-refractivity contribution in [3.63, 3.8) is 0 Å². The van der Waals surface area contributed by atoms with E-state index in [0.717, 1.165) is 37.2 Å². The Bertz CT molecular complexity index is 750. The first kappa shape index (κ1) is 16.8. The molecule has 1 aliphatic carbocycles. The Labute approximate surface area is 146 Å². The summed E-state index contributed by atoms with van der Waals surface area (Å²) >= 11 is 5.29. The highest BCUT2D eigenvalue weighted by Crippen LogP contribution is 2.34. The lowest BCUT2D eigenvalue weighted by Crippen LogP contribution is -2.38. The molecule has 24 heavy (non-hydrogen) atoms. The minimum atomic E-state index is -0.0399. The third-order valence-corrected chi connectivity index (χ3v) is 4.68. The van der Waals surface area contributed by atoms with Crippen LogP contribution in [0.15, 0.2) is 24.4 Å². The molecule has 0 saturated heterocycles. The largest absolute Gasteiger partial charge is 0.330 e. The standard InChI is InChI=1S/C17H23N5OS/c1-3-6-15-19-20-17(24)21(15)11-16(23)22(13-8-9-13)12(2)14-7-4-5-10-18-14/h4-5,7,10,12-13H,3,6,8-9,11H2,1-2H3,(H,20,24). The minimum Gasteiger partial charge on any atom is -0.330 e. The van der Waals surface area contributed by atoms with Crippen molar-refractivity contribution in [1.29, 1.82) is 0 Å². The van der Waals surface area contributed by atoms with Crippen LogP contribution in [0.4, 0.5) is 0 Å². The summed E-state index contributed by atoms with van der Waals surface area (Å²) < 4.78 is 2.33. The lowest BCUT2D eigenvalue weighted by Gasteiger charge is -2.29. The number of hydrogen-bond donors (Lipinski definition) is 1. The summed E-state index contributed by atoms with van der Waals surface area (Å²) in [7, 11) is 0. The van der Waals surface area contributed by atoms with Crippen LogP contribution in [0.3, 0.4) is 0 Å². The normalized spacial score (nSPS) is 15.2. The van der Waals surface area contributed by atoms with Gasteiger partial charge in [0, 0.05) is 18.7 Å². The molecule has 1 saturated carbocycles. The average molecular weight is 345 g/mol. The van der Waals surface area contributed by atoms with Crippen molar-refractivity contribution < 1.29 is 4.79 Å². The van der Waals surface area contributed by atoms with Crippen LogP contribution in [-0.4, -0.2) is 36.6 Å². The quantitative estimate of drug-likeness (QED) is 0.783. The Morgan fingerprint density at radius 3 is 2.92 bits per heavy atom. The molecule has 0 bridgehead atoms. The van der Waals surface area contributed by atoms with Gasteiger partial charge in [0.15, 0.2) is 4.77 Å². The Morgan fingerprint density at radius 2 is 2.29 bits per heavy atom. The fourth-order valence-corrected chi connectivity index (χ4v) is 3.21. The maximum absolute atomic E-state index is 13.0. The Kier molecular flexibility index (Phi) is 5.08. The van der Waals surface area contributed by atoms with E-state index in [9.17, 15) is 4.79 Å². The third kappa shape index (κ3) is 3.56. The van der Waals surface area contributed by atoms with Gasteiger partial charge in [0.1, 0.15) is 12.4 Å². The Hall–Kier alpha value is -2.02. The molecule has 1 amide bonds. The predicted octanol–water partition coefficient (Wildman–Crippen LogP) is 3.04. The van der Waals surface area contributed by atoms with Crippen molar-refractivity contribution >= 4 is 18.1 Å². The van der Waals surface area contributed by atoms with Crippen LogP contribution in [-0.2, 0) is 17.8 Å². The van der Waals surface area contributed by atoms with Crippen LogP contribution in [0, 0.1) is 4.77 Å². The van der Waals surface area contributed by atoms with Gasteiger partial charge in [-0.3, -0.25) is 19.4 Å². The molecule has 1 N–H and O–H groups in total. The zero-order valence-electron chi connectivity index (χ0n) is 14.1. The second-order valence-corrected chi connectivity index (χ2v) is 6.63. The summed E-state index contributed by atoms with van der Waals surface area (Å²) in [6.07, 6.45) is 5.65. The van der Waals surface area contributed by atoms with E-state index in [0.29, 0.717) is 10.8 Å². The Balaban J connectivity index is 1.81. The van der Waals surface area contributed by atoms with Crippen LogP contribution in [0.1, 0.15) is 50.7 Å². The van der Waals surface area contributed by atoms with Crippen molar-refractivity contribution in [3.8, 4) is 0 Å². The van der Waals surface area contributed by atoms with Crippen molar-refractivity contribution in [2.24, 2.45) is 0 Å². The summed E-state index contributed by atoms with van der Waals surface area (Å²) in [5.41, 5.74) is 0.919. The molecular formula is C17H23N5OS. The van der Waals surface area contributed by atoms with E-state index >= 15 is 0 Å². The zero-order chi connectivity index (χ0) is 17.1. The number of hydrogen-bond acceptors (Lipinski definition) is 4. The van der Waals surface area contributed by atoms with Gasteiger partial charge in [-0.15, -0.1) is 0 Å². The van der Waals surface area contributed by atoms with Gasteiger partial charge < -0.3 is 4.90 Å². The van der Waals surface area contributed by atoms with Gasteiger partial charge in [-0.05, 0) is 50.5 Å². The second kappa shape index (κ2) is 7.25. The van der Waals surface area contributed by atoms with Gasteiger partial charge >= 0.3 is 0 Å². The smallest absolute Gasteiger partial charge is 0.243 e. The molecule has 0 aromatic carbocycles. The maximum atomic E-state index is 13.0. The molecule has 1 aliphatic rings. The predicted molar refractivity (Wildman–Crippen MR) is 93.9 cm³/mol. The number of amides is 1. The van der Waals surface area contributed by atoms with Gasteiger partial charge in [0.2, 0.25) is 5.91 Å². The molecule has 3 rings (SSSR count). The molecule has 0 aliphatic heterocycles. The van der Waals surface area contributed by atoms with Gasteiger partial charge in [0.05, 0.1) is 11.7 Å². The molecule has 6 nitrogen and oxygen atoms in total. The number of carbonyl (C=O) groups is 1. The van der Waals surface area contributed by atoms with Crippen molar-refractivity contribution in [2.45, 2.75) is 58.2 Å². The molecule has 0 radical (unpaired) electrons. The number of aryl methyl sites for hydroxylation is 1. The molecule has 1 unspecified atom stereocenters. The number of aromatic amines is 1. The number of aromatic nitrogens is 4. The molecule has 7 heteroatoms. The van der Waals surface area contributed by atoms with Crippen LogP contribution in [0.25, 0.3) is 0 Å². The summed E-state index contributed by atoms with van der Waals surface area (Å²) in [5.74, 6) is 0.919. The van der Waals surface area contributed by atoms with Crippen LogP contribution in [0.2, 0.25) is 0 Å². The lowest BCUT2D eigenvalue weighted by atomic mass is 10.1. The highest BCUT2D eigenvalue weighted by molar-refractivity contribution is 7.71. The molecular weight excluding hydrogens is 322 g/mol. The molecule has 2 heterocycles. The molecule has 0 spiro atoms. The van der Waals surface area contributed by atoms with E-state index in [-0.39, 0.29) is 18.5 Å². The van der Waals surface area contributed by atoms with Crippen molar-refractivity contribution in [1.82, 2.24) is 24.6 Å². The lowest BCUT2D eigenvalue weighted by molar-refractivity contribution is -0.134. The highest BCUT2D eigenvalue weighted by Gasteiger charge is 2.36. The highest BCUT2D eigenvalue weighted by atomic mass is 32.1. The third-order valence-electron chi connectivity index (χ3n) is 4.37. The fraction of sp³-hybridized carbons (Fsp3) is 0.529. The number of H-pyrrole nitrogens is 1. The monoisotopic (exact) mass is 345 g/mol. The van der Waals surface area contributed by atoms with Gasteiger partial charge in [-0.25, -0.2) is 0 Å². The number of nitrogens with one attached hydrogen (secondary N) is 1. The van der Waals surface area contributed by atoms with E-state index in [1.54, 1.807) is 6.20 Å². The van der Waals surface area contributed by atoms with Crippen LogP contribution >= 0.6 is 12.2 Å². The van der Waals surface area contributed by atoms with Crippen molar-refractivity contribution in [2.75, 3.05) is 0 Å². The summed E-state index contributed by atoms with van der Waals surface area (Å²) in [4.78, 5) is 19.4. The molecule has 1 atom stereocenters. The summed E-state index contributed by atoms with van der Waals surface area (Å²) in [6, 6.07) is 6.09. The number of nitrogens with zero attached hydrogens (tertiary/aromatic N) is 4. The fourth-order valence-electron chi connectivity index (χ4n) is 3.00. The van der Waals surface area contributed by atoms with E-state index in [2.05, 4.69) is 22.1 Å². The van der Waals surface area contributed by atoms with E-state index in [1.165, 1.54) is 0 Å². The topological polar surface area (TPSA) is 66.8 Å². The molecule has 2 aromatic heterocycles. The minimum absolute atomic E-state index is 0.0399. The number of pyridine rings is 1. The number of carbonyl (C=O) groups excluding carboxylic acids is 1. The Morgan fingerprint density at radius 1 is 1.50 bits per heavy atom. The summed E-state index contributed by atoms with van der Waals surface area (Å²) in [6.45, 7) is 4.36. The van der Waals surface area contributed by atoms with E-state index in [4.69, 9.17) is 12.2 Å². The first-order valence-corrected chi connectivity index (χ1v) is 8.88. The second-order valence-electron chi connectivity index (χ2n) is 6.24. The first-order valence-electron chi connectivity index (χ1n) is 8.48. The van der Waals surface area contributed by atoms with Crippen molar-refractivity contribution in [3.05, 3.63) is 40.7 Å². The molecule has 2 aromatic rings. The average Bonchev–Trinajstić information content (AvgIpc) is 3.36. The molecule has 128 valence electrons. The van der Waals surface area contributed by atoms with Crippen LogP contribution < -0.4 is 0 Å². The van der Waals surface area contributed by atoms with Gasteiger partial charge in [-0.1, -0.05) is 13.0 Å². The van der Waals surface area contributed by atoms with Gasteiger partial charge in [0.25, 0.3) is 0 Å². The van der Waals surface area contributed by atoms with E-state index in [1.807, 2.05) is 34.6 Å². The van der Waals surface area contributed by atoms with E-state index < -0.39 is 0 Å². The molecule has 1 fully saturated rings. The maximum Gasteiger partial charge on any atom is 0.243 e. The first-order chi connectivity index (χ1) is 11.6. The zero-order valence-corrected chi connectivity index (χ0v) is 14.9. The van der Waals surface area contributed by atoms with Gasteiger partial charge in [-0.2, -0.15) is 5.10 Å². The SMILES string of the molecule is CCCc1n[nH]c(=S)n1CC(=O)N(C1CC1)C(C)c1ccccn1.